The van der Waals surface area contributed by atoms with Crippen molar-refractivity contribution in [1.29, 1.82) is 0 Å². The largest absolute Gasteiger partial charge is 0.493 e. The molecule has 0 spiro atoms. The zero-order valence-electron chi connectivity index (χ0n) is 16.4. The fourth-order valence-electron chi connectivity index (χ4n) is 2.58. The lowest BCUT2D eigenvalue weighted by Gasteiger charge is -2.12. The van der Waals surface area contributed by atoms with Crippen LogP contribution in [0, 0.1) is 11.6 Å². The second-order valence-corrected chi connectivity index (χ2v) is 7.03. The Kier molecular flexibility index (Phi) is 7.31. The van der Waals surface area contributed by atoms with Crippen molar-refractivity contribution in [2.75, 3.05) is 27.4 Å². The molecule has 0 aliphatic rings. The van der Waals surface area contributed by atoms with E-state index in [1.807, 2.05) is 0 Å². The molecule has 0 radical (unpaired) electrons. The number of halogens is 2. The van der Waals surface area contributed by atoms with E-state index in [2.05, 4.69) is 10.3 Å². The van der Waals surface area contributed by atoms with Crippen molar-refractivity contribution in [3.05, 3.63) is 64.7 Å². The number of nitrogens with zero attached hydrogens (tertiary/aromatic N) is 1. The Hall–Kier alpha value is -3.04. The smallest absolute Gasteiger partial charge is 0.270 e. The molecule has 2 aromatic carbocycles. The minimum atomic E-state index is -0.676. The number of benzene rings is 2. The molecule has 0 bridgehead atoms. The lowest BCUT2D eigenvalue weighted by Crippen LogP contribution is -2.27. The van der Waals surface area contributed by atoms with Crippen LogP contribution in [-0.2, 0) is 11.3 Å². The highest BCUT2D eigenvalue weighted by molar-refractivity contribution is 7.13. The number of hydrogen-bond acceptors (Lipinski definition) is 6. The van der Waals surface area contributed by atoms with Gasteiger partial charge in [-0.1, -0.05) is 0 Å². The summed E-state index contributed by atoms with van der Waals surface area (Å²) in [5, 5.41) is 5.03. The van der Waals surface area contributed by atoms with E-state index in [1.54, 1.807) is 30.7 Å². The van der Waals surface area contributed by atoms with Gasteiger partial charge in [0, 0.05) is 36.2 Å². The minimum Gasteiger partial charge on any atom is -0.493 e. The van der Waals surface area contributed by atoms with Crippen LogP contribution in [0.5, 0.6) is 11.5 Å². The van der Waals surface area contributed by atoms with E-state index in [4.69, 9.17) is 14.2 Å². The van der Waals surface area contributed by atoms with Crippen LogP contribution in [0.1, 0.15) is 16.1 Å². The summed E-state index contributed by atoms with van der Waals surface area (Å²) in [6.07, 6.45) is 0. The van der Waals surface area contributed by atoms with Gasteiger partial charge in [0.1, 0.15) is 28.9 Å². The normalized spacial score (nSPS) is 10.7. The standard InChI is InChI=1S/C21H20F2N2O4S/c1-27-8-7-24-20(26)17-12-30-21(25-17)13-4-6-18(19(9-13)28-2)29-11-14-3-5-15(22)10-16(14)23/h3-6,9-10,12H,7-8,11H2,1-2H3,(H,24,26). The van der Waals surface area contributed by atoms with Crippen molar-refractivity contribution in [1.82, 2.24) is 10.3 Å². The second kappa shape index (κ2) is 10.1. The van der Waals surface area contributed by atoms with E-state index in [9.17, 15) is 13.6 Å². The van der Waals surface area contributed by atoms with Gasteiger partial charge in [0.25, 0.3) is 5.91 Å². The number of carbonyl (C=O) groups is 1. The zero-order chi connectivity index (χ0) is 21.5. The monoisotopic (exact) mass is 434 g/mol. The van der Waals surface area contributed by atoms with Crippen LogP contribution in [-0.4, -0.2) is 38.3 Å². The Morgan fingerprint density at radius 3 is 2.70 bits per heavy atom. The third-order valence-corrected chi connectivity index (χ3v) is 5.03. The average Bonchev–Trinajstić information content (AvgIpc) is 3.23. The molecule has 0 fully saturated rings. The molecule has 1 amide bonds. The summed E-state index contributed by atoms with van der Waals surface area (Å²) in [5.74, 6) is -0.767. The highest BCUT2D eigenvalue weighted by atomic mass is 32.1. The Labute approximate surface area is 176 Å². The van der Waals surface area contributed by atoms with E-state index < -0.39 is 11.6 Å². The van der Waals surface area contributed by atoms with Gasteiger partial charge in [0.2, 0.25) is 0 Å². The molecule has 1 heterocycles. The average molecular weight is 434 g/mol. The van der Waals surface area contributed by atoms with Crippen molar-refractivity contribution < 1.29 is 27.8 Å². The van der Waals surface area contributed by atoms with Crippen molar-refractivity contribution in [3.8, 4) is 22.1 Å². The van der Waals surface area contributed by atoms with Crippen LogP contribution in [0.15, 0.2) is 41.8 Å². The highest BCUT2D eigenvalue weighted by Gasteiger charge is 2.14. The maximum absolute atomic E-state index is 13.8. The van der Waals surface area contributed by atoms with Gasteiger partial charge in [-0.2, -0.15) is 0 Å². The Morgan fingerprint density at radius 1 is 1.13 bits per heavy atom. The SMILES string of the molecule is COCCNC(=O)c1csc(-c2ccc(OCc3ccc(F)cc3F)c(OC)c2)n1. The van der Waals surface area contributed by atoms with E-state index >= 15 is 0 Å². The first-order valence-corrected chi connectivity index (χ1v) is 9.87. The summed E-state index contributed by atoms with van der Waals surface area (Å²) in [5.41, 5.74) is 1.29. The first-order valence-electron chi connectivity index (χ1n) is 8.99. The van der Waals surface area contributed by atoms with E-state index in [0.717, 1.165) is 11.6 Å². The van der Waals surface area contributed by atoms with E-state index in [0.29, 0.717) is 35.4 Å². The number of hydrogen-bond donors (Lipinski definition) is 1. The Morgan fingerprint density at radius 2 is 1.97 bits per heavy atom. The molecule has 0 aliphatic heterocycles. The number of nitrogens with one attached hydrogen (secondary N) is 1. The van der Waals surface area contributed by atoms with Gasteiger partial charge in [-0.3, -0.25) is 4.79 Å². The maximum Gasteiger partial charge on any atom is 0.270 e. The minimum absolute atomic E-state index is 0.0785. The summed E-state index contributed by atoms with van der Waals surface area (Å²) in [6.45, 7) is 0.741. The first-order chi connectivity index (χ1) is 14.5. The first kappa shape index (κ1) is 21.7. The van der Waals surface area contributed by atoms with E-state index in [1.165, 1.54) is 30.6 Å². The van der Waals surface area contributed by atoms with Gasteiger partial charge in [-0.15, -0.1) is 11.3 Å². The van der Waals surface area contributed by atoms with Crippen molar-refractivity contribution >= 4 is 17.2 Å². The molecule has 0 saturated carbocycles. The summed E-state index contributed by atoms with van der Waals surface area (Å²) < 4.78 is 42.7. The van der Waals surface area contributed by atoms with Crippen LogP contribution < -0.4 is 14.8 Å². The predicted octanol–water partition coefficient (Wildman–Crippen LogP) is 4.05. The van der Waals surface area contributed by atoms with Crippen LogP contribution in [0.25, 0.3) is 10.6 Å². The number of thiazole rings is 1. The molecule has 3 aromatic rings. The molecule has 30 heavy (non-hydrogen) atoms. The molecular weight excluding hydrogens is 414 g/mol. The third-order valence-electron chi connectivity index (χ3n) is 4.14. The molecule has 158 valence electrons. The molecular formula is C21H20F2N2O4S. The topological polar surface area (TPSA) is 69.7 Å². The molecule has 1 N–H and O–H groups in total. The molecule has 0 unspecified atom stereocenters. The fraction of sp³-hybridized carbons (Fsp3) is 0.238. The van der Waals surface area contributed by atoms with Gasteiger partial charge in [-0.05, 0) is 30.3 Å². The quantitative estimate of drug-likeness (QED) is 0.515. The van der Waals surface area contributed by atoms with E-state index in [-0.39, 0.29) is 18.1 Å². The Balaban J connectivity index is 1.72. The van der Waals surface area contributed by atoms with Crippen LogP contribution in [0.3, 0.4) is 0 Å². The van der Waals surface area contributed by atoms with Gasteiger partial charge in [-0.25, -0.2) is 13.8 Å². The van der Waals surface area contributed by atoms with Crippen molar-refractivity contribution in [2.45, 2.75) is 6.61 Å². The lowest BCUT2D eigenvalue weighted by molar-refractivity contribution is 0.0933. The van der Waals surface area contributed by atoms with Gasteiger partial charge in [0.15, 0.2) is 11.5 Å². The molecule has 0 aliphatic carbocycles. The molecule has 0 saturated heterocycles. The summed E-state index contributed by atoms with van der Waals surface area (Å²) in [4.78, 5) is 16.5. The van der Waals surface area contributed by atoms with Crippen molar-refractivity contribution in [3.63, 3.8) is 0 Å². The molecule has 3 rings (SSSR count). The second-order valence-electron chi connectivity index (χ2n) is 6.18. The predicted molar refractivity (Wildman–Crippen MR) is 109 cm³/mol. The zero-order valence-corrected chi connectivity index (χ0v) is 17.2. The van der Waals surface area contributed by atoms with Crippen LogP contribution >= 0.6 is 11.3 Å². The number of methoxy groups -OCH3 is 2. The summed E-state index contributed by atoms with van der Waals surface area (Å²) in [7, 11) is 3.05. The van der Waals surface area contributed by atoms with Gasteiger partial charge in [0.05, 0.1) is 13.7 Å². The lowest BCUT2D eigenvalue weighted by atomic mass is 10.2. The molecule has 0 atom stereocenters. The molecule has 1 aromatic heterocycles. The Bertz CT molecular complexity index is 1030. The summed E-state index contributed by atoms with van der Waals surface area (Å²) >= 11 is 1.32. The van der Waals surface area contributed by atoms with Crippen LogP contribution in [0.2, 0.25) is 0 Å². The number of carbonyl (C=O) groups excluding carboxylic acids is 1. The number of amides is 1. The highest BCUT2D eigenvalue weighted by Crippen LogP contribution is 2.34. The molecule has 9 heteroatoms. The number of aromatic nitrogens is 1. The van der Waals surface area contributed by atoms with Gasteiger partial charge >= 0.3 is 0 Å². The van der Waals surface area contributed by atoms with Gasteiger partial charge < -0.3 is 19.5 Å². The van der Waals surface area contributed by atoms with Crippen molar-refractivity contribution in [2.24, 2.45) is 0 Å². The molecule has 6 nitrogen and oxygen atoms in total. The number of rotatable bonds is 9. The fourth-order valence-corrected chi connectivity index (χ4v) is 3.38. The van der Waals surface area contributed by atoms with Crippen LogP contribution in [0.4, 0.5) is 8.78 Å². The number of ether oxygens (including phenoxy) is 3. The summed E-state index contributed by atoms with van der Waals surface area (Å²) in [6, 6.07) is 8.49. The third kappa shape index (κ3) is 5.31. The maximum atomic E-state index is 13.8.